The van der Waals surface area contributed by atoms with Gasteiger partial charge in [0.15, 0.2) is 5.16 Å². The van der Waals surface area contributed by atoms with Crippen molar-refractivity contribution in [2.75, 3.05) is 0 Å². The predicted molar refractivity (Wildman–Crippen MR) is 90.4 cm³/mol. The molecule has 3 rings (SSSR count). The molecule has 2 N–H and O–H groups in total. The number of amides is 2. The van der Waals surface area contributed by atoms with E-state index in [0.29, 0.717) is 11.6 Å². The maximum Gasteiger partial charge on any atom is 0.269 e. The number of hydrogen-bond donors (Lipinski definition) is 2. The van der Waals surface area contributed by atoms with E-state index in [9.17, 15) is 9.59 Å². The Morgan fingerprint density at radius 3 is 2.58 bits per heavy atom. The second-order valence-corrected chi connectivity index (χ2v) is 7.01. The normalized spacial score (nSPS) is 14.9. The molecule has 0 radical (unpaired) electrons. The Bertz CT molecular complexity index is 742. The maximum absolute atomic E-state index is 12.2. The molecular weight excluding hydrogens is 326 g/mol. The first-order valence-electron chi connectivity index (χ1n) is 7.79. The molecule has 0 spiro atoms. The minimum absolute atomic E-state index is 0.285. The standard InChI is InChI=1S/C16H19N5O2S/c1-10(24-16-20-17-11(2)21(16)13-8-9-13)14(22)18-19-15(23)12-6-4-3-5-7-12/h3-7,10,13H,8-9H2,1-2H3,(H,18,22)(H,19,23)/t10-/m1/s1. The van der Waals surface area contributed by atoms with Crippen molar-refractivity contribution in [1.82, 2.24) is 25.6 Å². The van der Waals surface area contributed by atoms with Crippen LogP contribution in [0.15, 0.2) is 35.5 Å². The van der Waals surface area contributed by atoms with E-state index in [0.717, 1.165) is 23.8 Å². The molecule has 1 heterocycles. The van der Waals surface area contributed by atoms with Crippen LogP contribution >= 0.6 is 11.8 Å². The van der Waals surface area contributed by atoms with Gasteiger partial charge in [0.05, 0.1) is 5.25 Å². The molecule has 1 aromatic carbocycles. The summed E-state index contributed by atoms with van der Waals surface area (Å²) in [7, 11) is 0. The SMILES string of the molecule is Cc1nnc(S[C@H](C)C(=O)NNC(=O)c2ccccc2)n1C1CC1. The largest absolute Gasteiger partial charge is 0.303 e. The molecule has 1 atom stereocenters. The van der Waals surface area contributed by atoms with Gasteiger partial charge < -0.3 is 4.57 Å². The van der Waals surface area contributed by atoms with E-state index < -0.39 is 5.25 Å². The molecule has 24 heavy (non-hydrogen) atoms. The van der Waals surface area contributed by atoms with Crippen molar-refractivity contribution in [2.45, 2.75) is 43.1 Å². The van der Waals surface area contributed by atoms with Crippen molar-refractivity contribution < 1.29 is 9.59 Å². The van der Waals surface area contributed by atoms with Crippen LogP contribution in [-0.2, 0) is 4.79 Å². The van der Waals surface area contributed by atoms with Gasteiger partial charge in [0, 0.05) is 11.6 Å². The highest BCUT2D eigenvalue weighted by Gasteiger charge is 2.29. The fraction of sp³-hybridized carbons (Fsp3) is 0.375. The van der Waals surface area contributed by atoms with Gasteiger partial charge >= 0.3 is 0 Å². The van der Waals surface area contributed by atoms with Crippen LogP contribution in [0.3, 0.4) is 0 Å². The molecule has 1 aromatic heterocycles. The molecule has 0 unspecified atom stereocenters. The van der Waals surface area contributed by atoms with Gasteiger partial charge in [-0.1, -0.05) is 30.0 Å². The molecule has 1 saturated carbocycles. The molecule has 1 fully saturated rings. The number of nitrogens with zero attached hydrogens (tertiary/aromatic N) is 3. The fourth-order valence-corrected chi connectivity index (χ4v) is 3.24. The monoisotopic (exact) mass is 345 g/mol. The van der Waals surface area contributed by atoms with E-state index >= 15 is 0 Å². The first-order chi connectivity index (χ1) is 11.6. The molecular formula is C16H19N5O2S. The van der Waals surface area contributed by atoms with E-state index in [-0.39, 0.29) is 11.8 Å². The number of aromatic nitrogens is 3. The molecule has 1 aliphatic rings. The summed E-state index contributed by atoms with van der Waals surface area (Å²) in [6.45, 7) is 3.69. The minimum atomic E-state index is -0.401. The molecule has 1 aliphatic carbocycles. The lowest BCUT2D eigenvalue weighted by Gasteiger charge is -2.13. The maximum atomic E-state index is 12.2. The highest BCUT2D eigenvalue weighted by atomic mass is 32.2. The van der Waals surface area contributed by atoms with Crippen molar-refractivity contribution in [3.05, 3.63) is 41.7 Å². The van der Waals surface area contributed by atoms with Crippen LogP contribution in [0, 0.1) is 6.92 Å². The number of carbonyl (C=O) groups excluding carboxylic acids is 2. The van der Waals surface area contributed by atoms with Crippen LogP contribution < -0.4 is 10.9 Å². The van der Waals surface area contributed by atoms with E-state index in [2.05, 4.69) is 25.6 Å². The lowest BCUT2D eigenvalue weighted by atomic mass is 10.2. The third-order valence-corrected chi connectivity index (χ3v) is 4.79. The van der Waals surface area contributed by atoms with E-state index in [1.54, 1.807) is 31.2 Å². The quantitative estimate of drug-likeness (QED) is 0.638. The van der Waals surface area contributed by atoms with Crippen LogP contribution in [0.1, 0.15) is 42.0 Å². The summed E-state index contributed by atoms with van der Waals surface area (Å²) in [5.74, 6) is 0.232. The Balaban J connectivity index is 1.55. The first kappa shape index (κ1) is 16.5. The van der Waals surface area contributed by atoms with Gasteiger partial charge in [-0.3, -0.25) is 20.4 Å². The number of rotatable bonds is 5. The predicted octanol–water partition coefficient (Wildman–Crippen LogP) is 1.86. The summed E-state index contributed by atoms with van der Waals surface area (Å²) in [5, 5.41) is 8.59. The molecule has 8 heteroatoms. The van der Waals surface area contributed by atoms with E-state index in [1.165, 1.54) is 11.8 Å². The van der Waals surface area contributed by atoms with Crippen LogP contribution in [0.4, 0.5) is 0 Å². The average Bonchev–Trinajstić information content (AvgIpc) is 3.37. The Morgan fingerprint density at radius 1 is 1.21 bits per heavy atom. The van der Waals surface area contributed by atoms with Gasteiger partial charge in [-0.25, -0.2) is 0 Å². The van der Waals surface area contributed by atoms with Gasteiger partial charge in [0.25, 0.3) is 11.8 Å². The number of thioether (sulfide) groups is 1. The van der Waals surface area contributed by atoms with Crippen molar-refractivity contribution in [1.29, 1.82) is 0 Å². The van der Waals surface area contributed by atoms with Crippen molar-refractivity contribution in [3.63, 3.8) is 0 Å². The lowest BCUT2D eigenvalue weighted by Crippen LogP contribution is -2.44. The van der Waals surface area contributed by atoms with Crippen molar-refractivity contribution in [3.8, 4) is 0 Å². The summed E-state index contributed by atoms with van der Waals surface area (Å²) in [6, 6.07) is 9.17. The van der Waals surface area contributed by atoms with Crippen LogP contribution in [0.2, 0.25) is 0 Å². The van der Waals surface area contributed by atoms with Crippen molar-refractivity contribution in [2.24, 2.45) is 0 Å². The number of nitrogens with one attached hydrogen (secondary N) is 2. The zero-order valence-corrected chi connectivity index (χ0v) is 14.3. The number of aryl methyl sites for hydroxylation is 1. The third kappa shape index (κ3) is 3.76. The Morgan fingerprint density at radius 2 is 1.92 bits per heavy atom. The summed E-state index contributed by atoms with van der Waals surface area (Å²) >= 11 is 1.34. The number of benzene rings is 1. The fourth-order valence-electron chi connectivity index (χ4n) is 2.28. The zero-order valence-electron chi connectivity index (χ0n) is 13.5. The number of hydrogen-bond acceptors (Lipinski definition) is 5. The summed E-state index contributed by atoms with van der Waals surface area (Å²) in [4.78, 5) is 24.1. The molecule has 0 bridgehead atoms. The molecule has 0 saturated heterocycles. The first-order valence-corrected chi connectivity index (χ1v) is 8.67. The second-order valence-electron chi connectivity index (χ2n) is 5.70. The molecule has 2 amide bonds. The summed E-state index contributed by atoms with van der Waals surface area (Å²) in [6.07, 6.45) is 2.25. The Hall–Kier alpha value is -2.35. The topological polar surface area (TPSA) is 88.9 Å². The van der Waals surface area contributed by atoms with E-state index in [1.807, 2.05) is 13.0 Å². The van der Waals surface area contributed by atoms with Crippen LogP contribution in [-0.4, -0.2) is 31.8 Å². The molecule has 2 aromatic rings. The van der Waals surface area contributed by atoms with E-state index in [4.69, 9.17) is 0 Å². The van der Waals surface area contributed by atoms with Gasteiger partial charge in [-0.2, -0.15) is 0 Å². The second kappa shape index (κ2) is 7.04. The molecule has 7 nitrogen and oxygen atoms in total. The van der Waals surface area contributed by atoms with Gasteiger partial charge in [0.2, 0.25) is 0 Å². The summed E-state index contributed by atoms with van der Waals surface area (Å²) in [5.41, 5.74) is 5.37. The molecule has 126 valence electrons. The smallest absolute Gasteiger partial charge is 0.269 e. The Kier molecular flexibility index (Phi) is 4.84. The Labute approximate surface area is 144 Å². The highest BCUT2D eigenvalue weighted by molar-refractivity contribution is 8.00. The van der Waals surface area contributed by atoms with Gasteiger partial charge in [-0.15, -0.1) is 10.2 Å². The van der Waals surface area contributed by atoms with Crippen molar-refractivity contribution >= 4 is 23.6 Å². The zero-order chi connectivity index (χ0) is 17.1. The van der Waals surface area contributed by atoms with Gasteiger partial charge in [0.1, 0.15) is 5.82 Å². The molecule has 0 aliphatic heterocycles. The minimum Gasteiger partial charge on any atom is -0.303 e. The summed E-state index contributed by atoms with van der Waals surface area (Å²) < 4.78 is 2.08. The third-order valence-electron chi connectivity index (χ3n) is 3.73. The highest BCUT2D eigenvalue weighted by Crippen LogP contribution is 2.39. The van der Waals surface area contributed by atoms with Gasteiger partial charge in [-0.05, 0) is 38.8 Å². The lowest BCUT2D eigenvalue weighted by molar-refractivity contribution is -0.121. The number of carbonyl (C=O) groups is 2. The van der Waals surface area contributed by atoms with Crippen LogP contribution in [0.5, 0.6) is 0 Å². The number of hydrazine groups is 1. The average molecular weight is 345 g/mol. The van der Waals surface area contributed by atoms with Crippen LogP contribution in [0.25, 0.3) is 0 Å².